The Labute approximate surface area is 107 Å². The fraction of sp³-hybridized carbons (Fsp3) is 0.500. The molecule has 4 nitrogen and oxygen atoms in total. The second-order valence-electron chi connectivity index (χ2n) is 4.69. The topological polar surface area (TPSA) is 61.4 Å². The first-order chi connectivity index (χ1) is 8.79. The van der Waals surface area contributed by atoms with E-state index in [1.165, 1.54) is 0 Å². The number of carbonyl (C=O) groups is 1. The van der Waals surface area contributed by atoms with Crippen molar-refractivity contribution in [1.82, 2.24) is 10.6 Å². The maximum atomic E-state index is 11.7. The van der Waals surface area contributed by atoms with E-state index in [4.69, 9.17) is 5.11 Å². The van der Waals surface area contributed by atoms with Gasteiger partial charge in [0.1, 0.15) is 0 Å². The average Bonchev–Trinajstić information content (AvgIpc) is 2.62. The van der Waals surface area contributed by atoms with Crippen molar-refractivity contribution in [2.45, 2.75) is 38.5 Å². The van der Waals surface area contributed by atoms with Crippen molar-refractivity contribution in [3.63, 3.8) is 0 Å². The molecule has 1 fully saturated rings. The summed E-state index contributed by atoms with van der Waals surface area (Å²) < 4.78 is 0. The van der Waals surface area contributed by atoms with Gasteiger partial charge >= 0.3 is 0 Å². The average molecular weight is 248 g/mol. The molecule has 0 spiro atoms. The van der Waals surface area contributed by atoms with Crippen LogP contribution in [0.1, 0.15) is 30.4 Å². The molecule has 1 heterocycles. The van der Waals surface area contributed by atoms with Gasteiger partial charge in [-0.1, -0.05) is 24.3 Å². The van der Waals surface area contributed by atoms with E-state index in [-0.39, 0.29) is 18.6 Å². The Morgan fingerprint density at radius 2 is 1.94 bits per heavy atom. The van der Waals surface area contributed by atoms with Crippen molar-refractivity contribution in [2.24, 2.45) is 0 Å². The van der Waals surface area contributed by atoms with E-state index >= 15 is 0 Å². The zero-order valence-corrected chi connectivity index (χ0v) is 10.5. The van der Waals surface area contributed by atoms with Crippen molar-refractivity contribution < 1.29 is 9.90 Å². The van der Waals surface area contributed by atoms with Gasteiger partial charge in [0.25, 0.3) is 0 Å². The summed E-state index contributed by atoms with van der Waals surface area (Å²) in [6.07, 6.45) is 3.05. The SMILES string of the molecule is O=C1NCCCCC1NCc1ccc(CO)cc1. The molecule has 0 aromatic heterocycles. The summed E-state index contributed by atoms with van der Waals surface area (Å²) in [6.45, 7) is 1.55. The van der Waals surface area contributed by atoms with Gasteiger partial charge in [0.05, 0.1) is 12.6 Å². The molecule has 1 amide bonds. The van der Waals surface area contributed by atoms with Crippen molar-refractivity contribution >= 4 is 5.91 Å². The van der Waals surface area contributed by atoms with Crippen molar-refractivity contribution in [3.05, 3.63) is 35.4 Å². The predicted octanol–water partition coefficient (Wildman–Crippen LogP) is 0.937. The first kappa shape index (κ1) is 13.1. The standard InChI is InChI=1S/C14H20N2O2/c17-10-12-6-4-11(5-7-12)9-16-13-3-1-2-8-15-14(13)18/h4-7,13,16-17H,1-3,8-10H2,(H,15,18). The molecule has 1 aliphatic rings. The van der Waals surface area contributed by atoms with E-state index < -0.39 is 0 Å². The molecule has 1 aliphatic heterocycles. The molecule has 0 bridgehead atoms. The summed E-state index contributed by atoms with van der Waals surface area (Å²) in [7, 11) is 0. The highest BCUT2D eigenvalue weighted by molar-refractivity contribution is 5.81. The lowest BCUT2D eigenvalue weighted by Crippen LogP contribution is -2.42. The van der Waals surface area contributed by atoms with Gasteiger partial charge in [0.15, 0.2) is 0 Å². The predicted molar refractivity (Wildman–Crippen MR) is 69.9 cm³/mol. The van der Waals surface area contributed by atoms with Crippen molar-refractivity contribution in [3.8, 4) is 0 Å². The Kier molecular flexibility index (Phi) is 4.73. The van der Waals surface area contributed by atoms with Gasteiger partial charge in [-0.2, -0.15) is 0 Å². The number of amides is 1. The first-order valence-electron chi connectivity index (χ1n) is 6.49. The molecule has 1 atom stereocenters. The van der Waals surface area contributed by atoms with Crippen LogP contribution >= 0.6 is 0 Å². The van der Waals surface area contributed by atoms with Gasteiger partial charge in [0.2, 0.25) is 5.91 Å². The number of aliphatic hydroxyl groups is 1. The molecule has 1 saturated heterocycles. The van der Waals surface area contributed by atoms with Crippen LogP contribution in [0.2, 0.25) is 0 Å². The van der Waals surface area contributed by atoms with Gasteiger partial charge in [-0.05, 0) is 30.4 Å². The van der Waals surface area contributed by atoms with E-state index in [2.05, 4.69) is 10.6 Å². The molecule has 2 rings (SSSR count). The Hall–Kier alpha value is -1.39. The summed E-state index contributed by atoms with van der Waals surface area (Å²) in [5.41, 5.74) is 2.04. The molecule has 1 unspecified atom stereocenters. The highest BCUT2D eigenvalue weighted by Gasteiger charge is 2.19. The van der Waals surface area contributed by atoms with Crippen LogP contribution in [0.15, 0.2) is 24.3 Å². The molecular weight excluding hydrogens is 228 g/mol. The number of hydrogen-bond donors (Lipinski definition) is 3. The smallest absolute Gasteiger partial charge is 0.237 e. The fourth-order valence-corrected chi connectivity index (χ4v) is 2.14. The molecule has 3 N–H and O–H groups in total. The van der Waals surface area contributed by atoms with Crippen LogP contribution in [0.3, 0.4) is 0 Å². The number of rotatable bonds is 4. The van der Waals surface area contributed by atoms with Gasteiger partial charge in [-0.3, -0.25) is 4.79 Å². The monoisotopic (exact) mass is 248 g/mol. The van der Waals surface area contributed by atoms with E-state index in [0.29, 0.717) is 6.54 Å². The molecule has 98 valence electrons. The molecule has 1 aromatic rings. The lowest BCUT2D eigenvalue weighted by molar-refractivity contribution is -0.122. The third-order valence-electron chi connectivity index (χ3n) is 3.29. The van der Waals surface area contributed by atoms with Crippen LogP contribution in [0.25, 0.3) is 0 Å². The Morgan fingerprint density at radius 3 is 2.67 bits per heavy atom. The summed E-state index contributed by atoms with van der Waals surface area (Å²) >= 11 is 0. The minimum Gasteiger partial charge on any atom is -0.392 e. The summed E-state index contributed by atoms with van der Waals surface area (Å²) in [5.74, 6) is 0.111. The minimum absolute atomic E-state index is 0.0682. The quantitative estimate of drug-likeness (QED) is 0.743. The second-order valence-corrected chi connectivity index (χ2v) is 4.69. The lowest BCUT2D eigenvalue weighted by atomic mass is 10.1. The molecule has 0 saturated carbocycles. The Balaban J connectivity index is 1.87. The zero-order chi connectivity index (χ0) is 12.8. The van der Waals surface area contributed by atoms with Crippen molar-refractivity contribution in [2.75, 3.05) is 6.54 Å². The van der Waals surface area contributed by atoms with Gasteiger partial charge in [-0.15, -0.1) is 0 Å². The number of nitrogens with one attached hydrogen (secondary N) is 2. The third kappa shape index (κ3) is 3.55. The Bertz CT molecular complexity index is 389. The number of aliphatic hydroxyl groups excluding tert-OH is 1. The minimum atomic E-state index is -0.0787. The van der Waals surface area contributed by atoms with E-state index in [1.807, 2.05) is 24.3 Å². The molecule has 0 radical (unpaired) electrons. The van der Waals surface area contributed by atoms with Crippen LogP contribution < -0.4 is 10.6 Å². The fourth-order valence-electron chi connectivity index (χ4n) is 2.14. The number of benzene rings is 1. The molecule has 4 heteroatoms. The van der Waals surface area contributed by atoms with E-state index in [0.717, 1.165) is 36.9 Å². The summed E-state index contributed by atoms with van der Waals surface area (Å²) in [4.78, 5) is 11.7. The van der Waals surface area contributed by atoms with Gasteiger partial charge < -0.3 is 15.7 Å². The lowest BCUT2D eigenvalue weighted by Gasteiger charge is -2.15. The zero-order valence-electron chi connectivity index (χ0n) is 10.5. The Morgan fingerprint density at radius 1 is 1.22 bits per heavy atom. The summed E-state index contributed by atoms with van der Waals surface area (Å²) in [6, 6.07) is 7.69. The number of carbonyl (C=O) groups excluding carboxylic acids is 1. The van der Waals surface area contributed by atoms with Crippen LogP contribution in [0.5, 0.6) is 0 Å². The highest BCUT2D eigenvalue weighted by atomic mass is 16.3. The van der Waals surface area contributed by atoms with Crippen LogP contribution in [-0.2, 0) is 17.9 Å². The maximum Gasteiger partial charge on any atom is 0.237 e. The normalized spacial score (nSPS) is 20.3. The van der Waals surface area contributed by atoms with Crippen LogP contribution in [-0.4, -0.2) is 23.6 Å². The van der Waals surface area contributed by atoms with Crippen LogP contribution in [0, 0.1) is 0 Å². The summed E-state index contributed by atoms with van der Waals surface area (Å²) in [5, 5.41) is 15.2. The largest absolute Gasteiger partial charge is 0.392 e. The molecule has 18 heavy (non-hydrogen) atoms. The maximum absolute atomic E-state index is 11.7. The second kappa shape index (κ2) is 6.52. The molecule has 1 aromatic carbocycles. The highest BCUT2D eigenvalue weighted by Crippen LogP contribution is 2.08. The van der Waals surface area contributed by atoms with Gasteiger partial charge in [-0.25, -0.2) is 0 Å². The third-order valence-corrected chi connectivity index (χ3v) is 3.29. The van der Waals surface area contributed by atoms with E-state index in [9.17, 15) is 4.79 Å². The first-order valence-corrected chi connectivity index (χ1v) is 6.49. The van der Waals surface area contributed by atoms with Crippen molar-refractivity contribution in [1.29, 1.82) is 0 Å². The van der Waals surface area contributed by atoms with Gasteiger partial charge in [0, 0.05) is 13.1 Å². The molecular formula is C14H20N2O2. The number of hydrogen-bond acceptors (Lipinski definition) is 3. The van der Waals surface area contributed by atoms with E-state index in [1.54, 1.807) is 0 Å². The molecule has 0 aliphatic carbocycles. The van der Waals surface area contributed by atoms with Crippen LogP contribution in [0.4, 0.5) is 0 Å².